The van der Waals surface area contributed by atoms with Crippen LogP contribution in [0.3, 0.4) is 0 Å². The number of aromatic hydroxyl groups is 2. The summed E-state index contributed by atoms with van der Waals surface area (Å²) in [6.07, 6.45) is 16.1. The van der Waals surface area contributed by atoms with Gasteiger partial charge in [-0.25, -0.2) is 4.79 Å². The Morgan fingerprint density at radius 3 is 2.55 bits per heavy atom. The third kappa shape index (κ3) is 9.14. The first kappa shape index (κ1) is 56.7. The summed E-state index contributed by atoms with van der Waals surface area (Å²) in [4.78, 5) is 30.2. The number of ether oxygens (including phenoxy) is 2. The molecule has 5 aliphatic carbocycles. The molecular weight excluding hydrogens is 1060 g/mol. The van der Waals surface area contributed by atoms with Gasteiger partial charge in [-0.05, 0) is 189 Å². The topological polar surface area (TPSA) is 269 Å². The Hall–Kier alpha value is -6.40. The molecule has 4 saturated carbocycles. The van der Waals surface area contributed by atoms with Crippen molar-refractivity contribution in [1.29, 1.82) is 0 Å². The highest BCUT2D eigenvalue weighted by atomic mass is 16.6. The van der Waals surface area contributed by atoms with Gasteiger partial charge in [0.2, 0.25) is 0 Å². The van der Waals surface area contributed by atoms with Gasteiger partial charge >= 0.3 is 5.97 Å². The summed E-state index contributed by atoms with van der Waals surface area (Å²) in [5, 5.41) is 93.0. The van der Waals surface area contributed by atoms with Crippen LogP contribution in [0, 0.1) is 29.1 Å². The molecule has 16 nitrogen and oxygen atoms in total. The molecule has 12 atom stereocenters. The van der Waals surface area contributed by atoms with Gasteiger partial charge in [-0.1, -0.05) is 62.2 Å². The average Bonchev–Trinajstić information content (AvgIpc) is 0.884. The number of hydrogen-bond donors (Lipinski definition) is 11. The Morgan fingerprint density at radius 2 is 1.79 bits per heavy atom. The number of rotatable bonds is 10. The van der Waals surface area contributed by atoms with Crippen molar-refractivity contribution in [3.05, 3.63) is 156 Å². The van der Waals surface area contributed by atoms with E-state index in [4.69, 9.17) is 19.6 Å². The zero-order chi connectivity index (χ0) is 58.6. The molecule has 12 unspecified atom stereocenters. The van der Waals surface area contributed by atoms with Crippen molar-refractivity contribution >= 4 is 16.9 Å². The number of nitrogens with two attached hydrogens (primary N) is 1. The van der Waals surface area contributed by atoms with Gasteiger partial charge in [-0.2, -0.15) is 0 Å². The zero-order valence-electron chi connectivity index (χ0n) is 48.5. The number of allylic oxidation sites excluding steroid dienone is 5. The van der Waals surface area contributed by atoms with Crippen LogP contribution in [0.1, 0.15) is 161 Å². The summed E-state index contributed by atoms with van der Waals surface area (Å²) < 4.78 is 21.4. The van der Waals surface area contributed by atoms with E-state index in [1.165, 1.54) is 5.57 Å². The lowest BCUT2D eigenvalue weighted by Crippen LogP contribution is -2.59. The number of dihydropyridines is 2. The number of phenols is 2. The number of phenolic OH excluding ortho intramolecular Hbond substituents is 2. The summed E-state index contributed by atoms with van der Waals surface area (Å²) in [6.45, 7) is 5.87. The largest absolute Gasteiger partial charge is 0.508 e. The SMILES string of the molecule is CC=C(C(=O)OC1Cc2c3c(c4oc(CO)cc(=O)c4c2O)C2C4=CCNC(N)=C4C(CCc4ccc(O)cc4C2CO)C2CCC4=CC(NCC)NC=C4CC2C1(C)O3)C1(O)CCC(c2cccc(C3(O)CC(CO)C4(CCCC4)C3)c2)C1. The van der Waals surface area contributed by atoms with E-state index < -0.39 is 71.0 Å². The average molecular weight is 1150 g/mol. The van der Waals surface area contributed by atoms with Gasteiger partial charge in [-0.15, -0.1) is 0 Å². The number of benzene rings is 3. The molecule has 1 aromatic heterocycles. The van der Waals surface area contributed by atoms with Crippen LogP contribution >= 0.6 is 0 Å². The molecule has 0 saturated heterocycles. The van der Waals surface area contributed by atoms with E-state index in [9.17, 15) is 40.5 Å². The minimum Gasteiger partial charge on any atom is -0.508 e. The minimum absolute atomic E-state index is 0.0131. The van der Waals surface area contributed by atoms with Gasteiger partial charge in [0.05, 0.1) is 29.5 Å². The zero-order valence-corrected chi connectivity index (χ0v) is 48.5. The normalized spacial score (nSPS) is 33.1. The molecule has 9 aliphatic rings. The molecule has 0 amide bonds. The second kappa shape index (κ2) is 21.5. The number of nitrogens with one attached hydrogen (secondary N) is 3. The van der Waals surface area contributed by atoms with Crippen LogP contribution in [-0.4, -0.2) is 91.5 Å². The fourth-order valence-electron chi connectivity index (χ4n) is 18.0. The molecule has 4 aromatic rings. The molecule has 3 aromatic carbocycles. The Balaban J connectivity index is 0.954. The summed E-state index contributed by atoms with van der Waals surface area (Å²) in [6, 6.07) is 14.5. The van der Waals surface area contributed by atoms with Crippen LogP contribution in [0.5, 0.6) is 17.2 Å². The summed E-state index contributed by atoms with van der Waals surface area (Å²) in [5.74, 6) is -3.26. The van der Waals surface area contributed by atoms with E-state index in [-0.39, 0.29) is 100 Å². The van der Waals surface area contributed by atoms with Crippen molar-refractivity contribution in [3.8, 4) is 17.2 Å². The van der Waals surface area contributed by atoms with Crippen LogP contribution < -0.4 is 31.8 Å². The molecule has 4 bridgehead atoms. The molecule has 84 heavy (non-hydrogen) atoms. The molecular formula is C68H82N4O12. The van der Waals surface area contributed by atoms with Crippen molar-refractivity contribution in [1.82, 2.24) is 16.0 Å². The maximum Gasteiger partial charge on any atom is 0.337 e. The fraction of sp³-hybridized carbons (Fsp3) is 0.529. The van der Waals surface area contributed by atoms with E-state index in [2.05, 4.69) is 47.3 Å². The molecule has 0 radical (unpaired) electrons. The number of aryl methyl sites for hydroxylation is 1. The molecule has 12 N–H and O–H groups in total. The second-order valence-electron chi connectivity index (χ2n) is 26.3. The number of esters is 1. The Morgan fingerprint density at radius 1 is 0.964 bits per heavy atom. The number of hydrogen-bond acceptors (Lipinski definition) is 16. The van der Waals surface area contributed by atoms with Crippen LogP contribution in [-0.2, 0) is 34.6 Å². The lowest BCUT2D eigenvalue weighted by molar-refractivity contribution is -0.171. The van der Waals surface area contributed by atoms with E-state index in [0.717, 1.165) is 71.7 Å². The molecule has 5 heterocycles. The van der Waals surface area contributed by atoms with Crippen molar-refractivity contribution in [2.24, 2.45) is 34.8 Å². The third-order valence-electron chi connectivity index (χ3n) is 22.0. The van der Waals surface area contributed by atoms with Crippen LogP contribution in [0.15, 0.2) is 116 Å². The first-order valence-electron chi connectivity index (χ1n) is 30.9. The number of carbonyl (C=O) groups is 1. The van der Waals surface area contributed by atoms with Crippen molar-refractivity contribution in [2.45, 2.75) is 171 Å². The second-order valence-corrected chi connectivity index (χ2v) is 26.3. The van der Waals surface area contributed by atoms with E-state index >= 15 is 4.79 Å². The molecule has 16 heteroatoms. The van der Waals surface area contributed by atoms with Crippen molar-refractivity contribution < 1.29 is 54.4 Å². The Labute approximate surface area is 490 Å². The van der Waals surface area contributed by atoms with Gasteiger partial charge < -0.3 is 66.0 Å². The van der Waals surface area contributed by atoms with Gasteiger partial charge in [0.15, 0.2) is 5.43 Å². The monoisotopic (exact) mass is 1150 g/mol. The molecule has 1 spiro atoms. The van der Waals surface area contributed by atoms with Gasteiger partial charge in [0, 0.05) is 60.7 Å². The number of carbonyl (C=O) groups excluding carboxylic acids is 1. The standard InChI is InChI=1S/C68H82N4O12/c1-4-51(67(80)21-17-39(29-67)37-9-8-10-41(23-37)68(81)30-42(32-73)66(35-68)19-6-7-20-66)64(79)83-54-28-49-60(78)58-53(77)27-44(33-74)82-62(58)59-56-47-18-22-71-63(69)57(47)46(16-12-36-11-14-43(76)26-48(36)50(56)34-75)45-15-13-38-25-55(70-5-2)72-31-40(38)24-52(45)65(54,3)84-61(49)59/h4,8-11,14,18,23,25-27,31,39,42,45-46,50,52,54-56,70-76,78,80-81H,5-7,12-13,15-17,19-22,24,28-30,32-35,69H2,1-3H3. The van der Waals surface area contributed by atoms with Gasteiger partial charge in [-0.3, -0.25) is 10.1 Å². The summed E-state index contributed by atoms with van der Waals surface area (Å²) in [5.41, 5.74) is 10.5. The van der Waals surface area contributed by atoms with Gasteiger partial charge in [0.25, 0.3) is 0 Å². The first-order chi connectivity index (χ1) is 40.5. The van der Waals surface area contributed by atoms with Crippen molar-refractivity contribution in [3.63, 3.8) is 0 Å². The quantitative estimate of drug-likeness (QED) is 0.0530. The first-order valence-corrected chi connectivity index (χ1v) is 30.9. The summed E-state index contributed by atoms with van der Waals surface area (Å²) >= 11 is 0. The molecule has 446 valence electrons. The highest BCUT2D eigenvalue weighted by Gasteiger charge is 2.59. The van der Waals surface area contributed by atoms with E-state index in [1.807, 2.05) is 31.2 Å². The van der Waals surface area contributed by atoms with E-state index in [0.29, 0.717) is 74.9 Å². The Bertz CT molecular complexity index is 3540. The lowest BCUT2D eigenvalue weighted by atomic mass is 9.61. The molecule has 13 rings (SSSR count). The van der Waals surface area contributed by atoms with Crippen LogP contribution in [0.2, 0.25) is 0 Å². The predicted molar refractivity (Wildman–Crippen MR) is 316 cm³/mol. The van der Waals surface area contributed by atoms with E-state index in [1.54, 1.807) is 25.1 Å². The maximum atomic E-state index is 15.6. The number of likely N-dealkylation sites (N-methyl/N-ethyl adjacent to an activating group) is 1. The number of aliphatic hydroxyl groups excluding tert-OH is 3. The highest BCUT2D eigenvalue weighted by Crippen LogP contribution is 2.63. The number of aliphatic hydroxyl groups is 5. The predicted octanol–water partition coefficient (Wildman–Crippen LogP) is 8.00. The maximum absolute atomic E-state index is 15.6. The smallest absolute Gasteiger partial charge is 0.337 e. The fourth-order valence-corrected chi connectivity index (χ4v) is 18.0. The third-order valence-corrected chi connectivity index (χ3v) is 22.0. The van der Waals surface area contributed by atoms with Crippen LogP contribution in [0.4, 0.5) is 0 Å². The number of fused-ring (bicyclic) bond motifs is 9. The minimum atomic E-state index is -1.60. The van der Waals surface area contributed by atoms with Gasteiger partial charge in [0.1, 0.15) is 58.1 Å². The molecule has 4 fully saturated rings. The van der Waals surface area contributed by atoms with Crippen LogP contribution in [0.25, 0.3) is 11.0 Å². The highest BCUT2D eigenvalue weighted by molar-refractivity contribution is 5.93. The lowest BCUT2D eigenvalue weighted by Gasteiger charge is -2.52. The summed E-state index contributed by atoms with van der Waals surface area (Å²) in [7, 11) is 0. The Kier molecular flexibility index (Phi) is 14.5. The van der Waals surface area contributed by atoms with Crippen molar-refractivity contribution in [2.75, 3.05) is 26.3 Å². The molecule has 4 aliphatic heterocycles.